The molecule has 1 rings (SSSR count). The Morgan fingerprint density at radius 2 is 2.06 bits per heavy atom. The SMILES string of the molecule is COCCOCCCOc1ccc(C#N)cc1Cl. The Morgan fingerprint density at radius 1 is 1.22 bits per heavy atom. The minimum atomic E-state index is 0.453. The van der Waals surface area contributed by atoms with Gasteiger partial charge >= 0.3 is 0 Å². The van der Waals surface area contributed by atoms with Crippen molar-refractivity contribution < 1.29 is 14.2 Å². The van der Waals surface area contributed by atoms with Gasteiger partial charge in [0.1, 0.15) is 5.75 Å². The van der Waals surface area contributed by atoms with Crippen LogP contribution < -0.4 is 4.74 Å². The molecule has 4 nitrogen and oxygen atoms in total. The summed E-state index contributed by atoms with van der Waals surface area (Å²) in [7, 11) is 1.64. The summed E-state index contributed by atoms with van der Waals surface area (Å²) in [4.78, 5) is 0. The van der Waals surface area contributed by atoms with E-state index in [2.05, 4.69) is 0 Å². The van der Waals surface area contributed by atoms with Crippen molar-refractivity contribution in [2.45, 2.75) is 6.42 Å². The fourth-order valence-corrected chi connectivity index (χ4v) is 1.51. The molecule has 0 aliphatic carbocycles. The van der Waals surface area contributed by atoms with Gasteiger partial charge in [-0.3, -0.25) is 0 Å². The molecule has 18 heavy (non-hydrogen) atoms. The Morgan fingerprint density at radius 3 is 2.72 bits per heavy atom. The number of methoxy groups -OCH3 is 1. The molecular formula is C13H16ClNO3. The molecule has 0 saturated carbocycles. The van der Waals surface area contributed by atoms with E-state index in [1.807, 2.05) is 6.07 Å². The van der Waals surface area contributed by atoms with Crippen molar-refractivity contribution in [1.82, 2.24) is 0 Å². The van der Waals surface area contributed by atoms with Crippen molar-refractivity contribution in [3.63, 3.8) is 0 Å². The van der Waals surface area contributed by atoms with Crippen molar-refractivity contribution in [2.24, 2.45) is 0 Å². The number of benzene rings is 1. The summed E-state index contributed by atoms with van der Waals surface area (Å²) < 4.78 is 15.6. The molecule has 0 heterocycles. The fraction of sp³-hybridized carbons (Fsp3) is 0.462. The first-order valence-electron chi connectivity index (χ1n) is 5.67. The highest BCUT2D eigenvalue weighted by molar-refractivity contribution is 6.32. The average molecular weight is 270 g/mol. The molecule has 0 saturated heterocycles. The third kappa shape index (κ3) is 5.37. The zero-order valence-electron chi connectivity index (χ0n) is 10.3. The molecule has 0 spiro atoms. The lowest BCUT2D eigenvalue weighted by molar-refractivity contribution is 0.0644. The van der Waals surface area contributed by atoms with E-state index in [1.165, 1.54) is 0 Å². The Labute approximate surface area is 112 Å². The molecule has 0 fully saturated rings. The quantitative estimate of drug-likeness (QED) is 0.681. The molecule has 5 heteroatoms. The van der Waals surface area contributed by atoms with Gasteiger partial charge in [0.25, 0.3) is 0 Å². The second-order valence-electron chi connectivity index (χ2n) is 3.56. The van der Waals surface area contributed by atoms with E-state index in [4.69, 9.17) is 31.1 Å². The van der Waals surface area contributed by atoms with Gasteiger partial charge in [-0.25, -0.2) is 0 Å². The molecule has 0 bridgehead atoms. The van der Waals surface area contributed by atoms with Gasteiger partial charge in [-0.1, -0.05) is 11.6 Å². The van der Waals surface area contributed by atoms with Crippen LogP contribution in [0.25, 0.3) is 0 Å². The van der Waals surface area contributed by atoms with E-state index in [1.54, 1.807) is 25.3 Å². The highest BCUT2D eigenvalue weighted by atomic mass is 35.5. The van der Waals surface area contributed by atoms with Crippen LogP contribution in [0.5, 0.6) is 5.75 Å². The smallest absolute Gasteiger partial charge is 0.137 e. The van der Waals surface area contributed by atoms with Crippen LogP contribution in [0.2, 0.25) is 5.02 Å². The van der Waals surface area contributed by atoms with Crippen LogP contribution >= 0.6 is 11.6 Å². The predicted octanol–water partition coefficient (Wildman–Crippen LogP) is 2.64. The third-order valence-corrected chi connectivity index (χ3v) is 2.48. The van der Waals surface area contributed by atoms with Gasteiger partial charge in [0.05, 0.1) is 36.5 Å². The summed E-state index contributed by atoms with van der Waals surface area (Å²) >= 11 is 5.97. The maximum atomic E-state index is 8.69. The zero-order chi connectivity index (χ0) is 13.2. The van der Waals surface area contributed by atoms with Crippen molar-refractivity contribution in [1.29, 1.82) is 5.26 Å². The number of hydrogen-bond donors (Lipinski definition) is 0. The van der Waals surface area contributed by atoms with Gasteiger partial charge in [0.2, 0.25) is 0 Å². The first-order valence-corrected chi connectivity index (χ1v) is 6.05. The normalized spacial score (nSPS) is 10.1. The summed E-state index contributed by atoms with van der Waals surface area (Å²) in [5.74, 6) is 0.590. The molecule has 0 radical (unpaired) electrons. The van der Waals surface area contributed by atoms with Gasteiger partial charge < -0.3 is 14.2 Å². The minimum Gasteiger partial charge on any atom is -0.492 e. The van der Waals surface area contributed by atoms with E-state index >= 15 is 0 Å². The molecule has 1 aromatic rings. The zero-order valence-corrected chi connectivity index (χ0v) is 11.1. The summed E-state index contributed by atoms with van der Waals surface area (Å²) in [5.41, 5.74) is 0.523. The van der Waals surface area contributed by atoms with E-state index in [-0.39, 0.29) is 0 Å². The Bertz CT molecular complexity index is 404. The molecule has 0 atom stereocenters. The van der Waals surface area contributed by atoms with Crippen LogP contribution in [-0.2, 0) is 9.47 Å². The van der Waals surface area contributed by atoms with Crippen LogP contribution in [-0.4, -0.2) is 33.5 Å². The summed E-state index contributed by atoms with van der Waals surface area (Å²) in [5, 5.41) is 9.15. The monoisotopic (exact) mass is 269 g/mol. The van der Waals surface area contributed by atoms with E-state index < -0.39 is 0 Å². The lowest BCUT2D eigenvalue weighted by Gasteiger charge is -2.08. The summed E-state index contributed by atoms with van der Waals surface area (Å²) in [6, 6.07) is 6.99. The Balaban J connectivity index is 2.21. The molecule has 0 aromatic heterocycles. The van der Waals surface area contributed by atoms with Gasteiger partial charge in [0, 0.05) is 20.1 Å². The van der Waals surface area contributed by atoms with Crippen molar-refractivity contribution >= 4 is 11.6 Å². The molecule has 1 aromatic carbocycles. The molecule has 0 aliphatic rings. The lowest BCUT2D eigenvalue weighted by Crippen LogP contribution is -2.06. The van der Waals surface area contributed by atoms with Crippen molar-refractivity contribution in [3.05, 3.63) is 28.8 Å². The topological polar surface area (TPSA) is 51.5 Å². The predicted molar refractivity (Wildman–Crippen MR) is 69.0 cm³/mol. The molecular weight excluding hydrogens is 254 g/mol. The summed E-state index contributed by atoms with van der Waals surface area (Å²) in [6.45, 7) is 2.34. The van der Waals surface area contributed by atoms with E-state index in [0.717, 1.165) is 6.42 Å². The minimum absolute atomic E-state index is 0.453. The molecule has 0 unspecified atom stereocenters. The van der Waals surface area contributed by atoms with Crippen LogP contribution in [0.4, 0.5) is 0 Å². The van der Waals surface area contributed by atoms with E-state index in [0.29, 0.717) is 42.8 Å². The first kappa shape index (κ1) is 14.8. The fourth-order valence-electron chi connectivity index (χ4n) is 1.27. The standard InChI is InChI=1S/C13H16ClNO3/c1-16-7-8-17-5-2-6-18-13-4-3-11(10-15)9-12(13)14/h3-4,9H,2,5-8H2,1H3. The summed E-state index contributed by atoms with van der Waals surface area (Å²) in [6.07, 6.45) is 0.778. The van der Waals surface area contributed by atoms with Gasteiger partial charge in [0.15, 0.2) is 0 Å². The molecule has 0 aliphatic heterocycles. The van der Waals surface area contributed by atoms with Gasteiger partial charge in [-0.15, -0.1) is 0 Å². The number of nitrogens with zero attached hydrogens (tertiary/aromatic N) is 1. The van der Waals surface area contributed by atoms with E-state index in [9.17, 15) is 0 Å². The number of hydrogen-bond acceptors (Lipinski definition) is 4. The van der Waals surface area contributed by atoms with Crippen LogP contribution in [0.3, 0.4) is 0 Å². The average Bonchev–Trinajstić information content (AvgIpc) is 2.39. The Hall–Kier alpha value is -1.28. The number of halogens is 1. The largest absolute Gasteiger partial charge is 0.492 e. The molecule has 0 amide bonds. The van der Waals surface area contributed by atoms with Crippen LogP contribution in [0, 0.1) is 11.3 Å². The number of nitriles is 1. The second kappa shape index (κ2) is 8.76. The first-order chi connectivity index (χ1) is 8.77. The second-order valence-corrected chi connectivity index (χ2v) is 3.97. The highest BCUT2D eigenvalue weighted by Crippen LogP contribution is 2.25. The maximum Gasteiger partial charge on any atom is 0.137 e. The van der Waals surface area contributed by atoms with Gasteiger partial charge in [-0.2, -0.15) is 5.26 Å². The van der Waals surface area contributed by atoms with Crippen molar-refractivity contribution in [3.8, 4) is 11.8 Å². The number of ether oxygens (including phenoxy) is 3. The van der Waals surface area contributed by atoms with Gasteiger partial charge in [-0.05, 0) is 18.2 Å². The van der Waals surface area contributed by atoms with Crippen LogP contribution in [0.1, 0.15) is 12.0 Å². The Kier molecular flexibility index (Phi) is 7.19. The van der Waals surface area contributed by atoms with Crippen LogP contribution in [0.15, 0.2) is 18.2 Å². The lowest BCUT2D eigenvalue weighted by atomic mass is 10.2. The van der Waals surface area contributed by atoms with Crippen molar-refractivity contribution in [2.75, 3.05) is 33.5 Å². The highest BCUT2D eigenvalue weighted by Gasteiger charge is 2.02. The third-order valence-electron chi connectivity index (χ3n) is 2.18. The maximum absolute atomic E-state index is 8.69. The molecule has 0 N–H and O–H groups in total. The number of rotatable bonds is 8. The molecule has 98 valence electrons.